The van der Waals surface area contributed by atoms with Gasteiger partial charge in [0.15, 0.2) is 0 Å². The summed E-state index contributed by atoms with van der Waals surface area (Å²) in [5.41, 5.74) is 0.812. The smallest absolute Gasteiger partial charge is 0.270 e. The largest absolute Gasteiger partial charge is 0.497 e. The Bertz CT molecular complexity index is 1250. The zero-order chi connectivity index (χ0) is 23.3. The van der Waals surface area contributed by atoms with E-state index in [1.54, 1.807) is 18.2 Å². The number of sulfonamides is 1. The van der Waals surface area contributed by atoms with Gasteiger partial charge in [0, 0.05) is 42.9 Å². The van der Waals surface area contributed by atoms with Crippen molar-refractivity contribution in [2.24, 2.45) is 0 Å². The number of hydrogen-bond donors (Lipinski definition) is 1. The molecule has 0 fully saturated rings. The van der Waals surface area contributed by atoms with Crippen LogP contribution < -0.4 is 14.2 Å². The van der Waals surface area contributed by atoms with Crippen LogP contribution in [0.25, 0.3) is 5.69 Å². The molecule has 1 N–H and O–H groups in total. The molecule has 0 aliphatic heterocycles. The Labute approximate surface area is 183 Å². The molecule has 0 saturated heterocycles. The van der Waals surface area contributed by atoms with Crippen molar-refractivity contribution < 1.29 is 27.6 Å². The summed E-state index contributed by atoms with van der Waals surface area (Å²) in [6.45, 7) is -0.132. The Hall–Kier alpha value is -3.77. The van der Waals surface area contributed by atoms with E-state index in [-0.39, 0.29) is 23.5 Å². The first kappa shape index (κ1) is 22.9. The predicted molar refractivity (Wildman–Crippen MR) is 114 cm³/mol. The van der Waals surface area contributed by atoms with Crippen molar-refractivity contribution in [3.63, 3.8) is 0 Å². The van der Waals surface area contributed by atoms with Gasteiger partial charge in [-0.25, -0.2) is 17.8 Å². The van der Waals surface area contributed by atoms with Crippen LogP contribution in [0.3, 0.4) is 0 Å². The molecule has 0 saturated carbocycles. The summed E-state index contributed by atoms with van der Waals surface area (Å²) in [7, 11) is -1.27. The molecular formula is C20H20N4O7S. The lowest BCUT2D eigenvalue weighted by molar-refractivity contribution is -0.385. The summed E-state index contributed by atoms with van der Waals surface area (Å²) < 4.78 is 40.4. The van der Waals surface area contributed by atoms with E-state index < -0.39 is 20.6 Å². The fourth-order valence-electron chi connectivity index (χ4n) is 2.96. The van der Waals surface area contributed by atoms with E-state index in [9.17, 15) is 23.3 Å². The van der Waals surface area contributed by atoms with Gasteiger partial charge < -0.3 is 14.3 Å². The number of methoxy groups -OCH3 is 2. The zero-order valence-corrected chi connectivity index (χ0v) is 18.0. The van der Waals surface area contributed by atoms with Crippen LogP contribution in [0.2, 0.25) is 0 Å². The Morgan fingerprint density at radius 1 is 1.19 bits per heavy atom. The first-order valence-corrected chi connectivity index (χ1v) is 10.7. The molecule has 0 aliphatic carbocycles. The highest BCUT2D eigenvalue weighted by Gasteiger charge is 2.24. The summed E-state index contributed by atoms with van der Waals surface area (Å²) in [5.74, 6) is 0.955. The third-order valence-corrected chi connectivity index (χ3v) is 6.02. The molecule has 12 heteroatoms. The summed E-state index contributed by atoms with van der Waals surface area (Å²) in [5, 5.41) is 15.3. The molecule has 1 heterocycles. The van der Waals surface area contributed by atoms with E-state index in [1.165, 1.54) is 43.4 Å². The minimum Gasteiger partial charge on any atom is -0.497 e. The molecular weight excluding hydrogens is 440 g/mol. The van der Waals surface area contributed by atoms with Crippen molar-refractivity contribution in [1.82, 2.24) is 14.5 Å². The first-order chi connectivity index (χ1) is 15.3. The molecule has 3 rings (SSSR count). The fraction of sp³-hybridized carbons (Fsp3) is 0.200. The van der Waals surface area contributed by atoms with Crippen LogP contribution in [0.4, 0.5) is 5.69 Å². The second-order valence-electron chi connectivity index (χ2n) is 6.58. The number of carbonyl (C=O) groups is 1. The average Bonchev–Trinajstić information content (AvgIpc) is 3.25. The fourth-order valence-corrected chi connectivity index (χ4v) is 4.18. The van der Waals surface area contributed by atoms with Crippen molar-refractivity contribution in [2.75, 3.05) is 14.2 Å². The SMILES string of the molecule is COc1ccc(CNS(=O)(=O)c2cc([N+](=O)[O-])ccc2-n2cc(CC=O)cn2)c(OC)c1. The second kappa shape index (κ2) is 9.58. The van der Waals surface area contributed by atoms with Gasteiger partial charge in [0.05, 0.1) is 31.0 Å². The van der Waals surface area contributed by atoms with E-state index in [0.29, 0.717) is 28.9 Å². The molecule has 32 heavy (non-hydrogen) atoms. The summed E-state index contributed by atoms with van der Waals surface area (Å²) in [6.07, 6.45) is 3.70. The number of carbonyl (C=O) groups excluding carboxylic acids is 1. The molecule has 0 amide bonds. The number of nitro groups is 1. The highest BCUT2D eigenvalue weighted by molar-refractivity contribution is 7.89. The molecule has 0 spiro atoms. The van der Waals surface area contributed by atoms with Crippen molar-refractivity contribution in [3.8, 4) is 17.2 Å². The number of rotatable bonds is 10. The molecule has 0 unspecified atom stereocenters. The predicted octanol–water partition coefficient (Wildman–Crippen LogP) is 2.02. The van der Waals surface area contributed by atoms with Gasteiger partial charge in [0.25, 0.3) is 5.69 Å². The lowest BCUT2D eigenvalue weighted by Gasteiger charge is -2.14. The number of nitro benzene ring substituents is 1. The van der Waals surface area contributed by atoms with E-state index in [1.807, 2.05) is 0 Å². The van der Waals surface area contributed by atoms with E-state index >= 15 is 0 Å². The monoisotopic (exact) mass is 460 g/mol. The summed E-state index contributed by atoms with van der Waals surface area (Å²) in [6, 6.07) is 8.35. The highest BCUT2D eigenvalue weighted by Crippen LogP contribution is 2.27. The molecule has 168 valence electrons. The van der Waals surface area contributed by atoms with Crippen molar-refractivity contribution in [2.45, 2.75) is 17.9 Å². The molecule has 0 radical (unpaired) electrons. The van der Waals surface area contributed by atoms with Crippen LogP contribution in [0.15, 0.2) is 53.7 Å². The molecule has 2 aromatic carbocycles. The van der Waals surface area contributed by atoms with Gasteiger partial charge in [-0.1, -0.05) is 6.07 Å². The summed E-state index contributed by atoms with van der Waals surface area (Å²) in [4.78, 5) is 21.0. The van der Waals surface area contributed by atoms with Gasteiger partial charge in [0.2, 0.25) is 10.0 Å². The Morgan fingerprint density at radius 2 is 1.97 bits per heavy atom. The number of hydrogen-bond acceptors (Lipinski definition) is 8. The number of nitrogens with zero attached hydrogens (tertiary/aromatic N) is 3. The second-order valence-corrected chi connectivity index (χ2v) is 8.31. The standard InChI is InChI=1S/C20H20N4O7S/c1-30-17-5-3-15(19(10-17)31-2)12-22-32(28,29)20-9-16(24(26)27)4-6-18(20)23-13-14(7-8-25)11-21-23/h3-6,8-11,13,22H,7,12H2,1-2H3. The van der Waals surface area contributed by atoms with Gasteiger partial charge in [-0.15, -0.1) is 0 Å². The lowest BCUT2D eigenvalue weighted by Crippen LogP contribution is -2.25. The third-order valence-electron chi connectivity index (χ3n) is 4.59. The minimum absolute atomic E-state index is 0.0990. The molecule has 0 atom stereocenters. The Kier molecular flexibility index (Phi) is 6.85. The lowest BCUT2D eigenvalue weighted by atomic mass is 10.2. The zero-order valence-electron chi connectivity index (χ0n) is 17.2. The van der Waals surface area contributed by atoms with Crippen molar-refractivity contribution in [1.29, 1.82) is 0 Å². The molecule has 3 aromatic rings. The number of aromatic nitrogens is 2. The van der Waals surface area contributed by atoms with E-state index in [4.69, 9.17) is 9.47 Å². The number of aldehydes is 1. The Balaban J connectivity index is 1.99. The number of nitrogens with one attached hydrogen (secondary N) is 1. The van der Waals surface area contributed by atoms with Gasteiger partial charge >= 0.3 is 0 Å². The van der Waals surface area contributed by atoms with Crippen molar-refractivity contribution in [3.05, 3.63) is 70.0 Å². The van der Waals surface area contributed by atoms with Crippen LogP contribution >= 0.6 is 0 Å². The van der Waals surface area contributed by atoms with Crippen LogP contribution in [0, 0.1) is 10.1 Å². The number of benzene rings is 2. The van der Waals surface area contributed by atoms with E-state index in [0.717, 1.165) is 6.07 Å². The van der Waals surface area contributed by atoms with Gasteiger partial charge in [-0.2, -0.15) is 5.10 Å². The minimum atomic E-state index is -4.21. The van der Waals surface area contributed by atoms with Gasteiger partial charge in [0.1, 0.15) is 22.7 Å². The normalized spacial score (nSPS) is 11.2. The van der Waals surface area contributed by atoms with Gasteiger partial charge in [-0.3, -0.25) is 10.1 Å². The molecule has 1 aromatic heterocycles. The summed E-state index contributed by atoms with van der Waals surface area (Å²) >= 11 is 0. The average molecular weight is 460 g/mol. The molecule has 11 nitrogen and oxygen atoms in total. The third kappa shape index (κ3) is 4.92. The van der Waals surface area contributed by atoms with Gasteiger partial charge in [-0.05, 0) is 17.7 Å². The van der Waals surface area contributed by atoms with E-state index in [2.05, 4.69) is 9.82 Å². The molecule has 0 bridgehead atoms. The first-order valence-electron chi connectivity index (χ1n) is 9.25. The number of ether oxygens (including phenoxy) is 2. The molecule has 0 aliphatic rings. The maximum absolute atomic E-state index is 13.1. The maximum Gasteiger partial charge on any atom is 0.270 e. The van der Waals surface area contributed by atoms with Crippen LogP contribution in [0.5, 0.6) is 11.5 Å². The quantitative estimate of drug-likeness (QED) is 0.275. The van der Waals surface area contributed by atoms with Crippen LogP contribution in [0.1, 0.15) is 11.1 Å². The topological polar surface area (TPSA) is 143 Å². The Morgan fingerprint density at radius 3 is 2.62 bits per heavy atom. The van der Waals surface area contributed by atoms with Crippen LogP contribution in [-0.2, 0) is 27.8 Å². The van der Waals surface area contributed by atoms with Crippen LogP contribution in [-0.4, -0.2) is 43.6 Å². The van der Waals surface area contributed by atoms with Crippen molar-refractivity contribution >= 4 is 22.0 Å². The number of non-ortho nitro benzene ring substituents is 1. The maximum atomic E-state index is 13.1. The highest BCUT2D eigenvalue weighted by atomic mass is 32.2.